The van der Waals surface area contributed by atoms with Crippen LogP contribution in [0.5, 0.6) is 0 Å². The van der Waals surface area contributed by atoms with Gasteiger partial charge < -0.3 is 0 Å². The number of aryl methyl sites for hydroxylation is 1. The third kappa shape index (κ3) is 2.50. The zero-order valence-corrected chi connectivity index (χ0v) is 7.69. The van der Waals surface area contributed by atoms with Crippen molar-refractivity contribution in [2.24, 2.45) is 0 Å². The SMILES string of the molecule is CCSc1ncc(CC)cn1. The van der Waals surface area contributed by atoms with Gasteiger partial charge in [-0.3, -0.25) is 0 Å². The van der Waals surface area contributed by atoms with Gasteiger partial charge in [0.15, 0.2) is 5.16 Å². The maximum absolute atomic E-state index is 4.19. The smallest absolute Gasteiger partial charge is 0.187 e. The first kappa shape index (κ1) is 8.53. The molecule has 0 aliphatic heterocycles. The lowest BCUT2D eigenvalue weighted by atomic mass is 10.3. The molecular formula is C8H12N2S. The molecule has 3 heteroatoms. The lowest BCUT2D eigenvalue weighted by molar-refractivity contribution is 0.925. The molecule has 0 radical (unpaired) electrons. The minimum absolute atomic E-state index is 0.879. The Morgan fingerprint density at radius 3 is 2.36 bits per heavy atom. The van der Waals surface area contributed by atoms with Crippen molar-refractivity contribution < 1.29 is 0 Å². The van der Waals surface area contributed by atoms with Crippen LogP contribution in [0.3, 0.4) is 0 Å². The highest BCUT2D eigenvalue weighted by molar-refractivity contribution is 7.99. The van der Waals surface area contributed by atoms with Crippen molar-refractivity contribution in [2.45, 2.75) is 25.4 Å². The van der Waals surface area contributed by atoms with Crippen LogP contribution in [0.1, 0.15) is 19.4 Å². The van der Waals surface area contributed by atoms with Crippen molar-refractivity contribution in [3.8, 4) is 0 Å². The van der Waals surface area contributed by atoms with Crippen LogP contribution in [0, 0.1) is 0 Å². The Bertz CT molecular complexity index is 208. The molecule has 1 aromatic heterocycles. The van der Waals surface area contributed by atoms with Crippen LogP contribution in [-0.4, -0.2) is 15.7 Å². The van der Waals surface area contributed by atoms with Crippen molar-refractivity contribution in [2.75, 3.05) is 5.75 Å². The topological polar surface area (TPSA) is 25.8 Å². The van der Waals surface area contributed by atoms with Crippen LogP contribution in [-0.2, 0) is 6.42 Å². The number of nitrogens with zero attached hydrogens (tertiary/aromatic N) is 2. The van der Waals surface area contributed by atoms with E-state index in [0.29, 0.717) is 0 Å². The van der Waals surface area contributed by atoms with Crippen molar-refractivity contribution >= 4 is 11.8 Å². The molecule has 0 atom stereocenters. The molecule has 0 amide bonds. The number of thioether (sulfide) groups is 1. The van der Waals surface area contributed by atoms with Gasteiger partial charge in [0, 0.05) is 12.4 Å². The van der Waals surface area contributed by atoms with E-state index in [4.69, 9.17) is 0 Å². The van der Waals surface area contributed by atoms with Crippen LogP contribution >= 0.6 is 11.8 Å². The lowest BCUT2D eigenvalue weighted by Gasteiger charge is -1.96. The summed E-state index contributed by atoms with van der Waals surface area (Å²) < 4.78 is 0. The summed E-state index contributed by atoms with van der Waals surface area (Å²) in [5.41, 5.74) is 1.20. The largest absolute Gasteiger partial charge is 0.231 e. The molecule has 60 valence electrons. The van der Waals surface area contributed by atoms with E-state index in [9.17, 15) is 0 Å². The quantitative estimate of drug-likeness (QED) is 0.511. The summed E-state index contributed by atoms with van der Waals surface area (Å²) in [6.45, 7) is 4.20. The first-order chi connectivity index (χ1) is 5.36. The van der Waals surface area contributed by atoms with Gasteiger partial charge >= 0.3 is 0 Å². The Morgan fingerprint density at radius 1 is 1.27 bits per heavy atom. The molecule has 0 N–H and O–H groups in total. The van der Waals surface area contributed by atoms with Crippen molar-refractivity contribution in [3.05, 3.63) is 18.0 Å². The fraction of sp³-hybridized carbons (Fsp3) is 0.500. The summed E-state index contributed by atoms with van der Waals surface area (Å²) in [6, 6.07) is 0. The van der Waals surface area contributed by atoms with Crippen LogP contribution in [0.15, 0.2) is 17.6 Å². The summed E-state index contributed by atoms with van der Waals surface area (Å²) in [5.74, 6) is 1.03. The first-order valence-corrected chi connectivity index (χ1v) is 4.79. The van der Waals surface area contributed by atoms with Gasteiger partial charge in [0.2, 0.25) is 0 Å². The summed E-state index contributed by atoms with van der Waals surface area (Å²) in [4.78, 5) is 8.38. The van der Waals surface area contributed by atoms with E-state index in [-0.39, 0.29) is 0 Å². The highest BCUT2D eigenvalue weighted by Gasteiger charge is 1.94. The molecular weight excluding hydrogens is 156 g/mol. The number of aromatic nitrogens is 2. The molecule has 0 aliphatic carbocycles. The summed E-state index contributed by atoms with van der Waals surface area (Å²) >= 11 is 1.67. The predicted octanol–water partition coefficient (Wildman–Crippen LogP) is 2.15. The van der Waals surface area contributed by atoms with Gasteiger partial charge in [-0.1, -0.05) is 25.6 Å². The molecule has 1 aromatic rings. The van der Waals surface area contributed by atoms with E-state index in [1.165, 1.54) is 5.56 Å². The normalized spacial score (nSPS) is 10.0. The average molecular weight is 168 g/mol. The second kappa shape index (κ2) is 4.34. The molecule has 1 rings (SSSR count). The monoisotopic (exact) mass is 168 g/mol. The van der Waals surface area contributed by atoms with Gasteiger partial charge in [-0.15, -0.1) is 0 Å². The van der Waals surface area contributed by atoms with Gasteiger partial charge in [0.25, 0.3) is 0 Å². The zero-order valence-electron chi connectivity index (χ0n) is 6.87. The van der Waals surface area contributed by atoms with Gasteiger partial charge in [0.1, 0.15) is 0 Å². The fourth-order valence-electron chi connectivity index (χ4n) is 0.729. The number of rotatable bonds is 3. The highest BCUT2D eigenvalue weighted by atomic mass is 32.2. The molecule has 0 bridgehead atoms. The van der Waals surface area contributed by atoms with Gasteiger partial charge in [0.05, 0.1) is 0 Å². The highest BCUT2D eigenvalue weighted by Crippen LogP contribution is 2.10. The summed E-state index contributed by atoms with van der Waals surface area (Å²) in [6.07, 6.45) is 4.80. The van der Waals surface area contributed by atoms with Crippen LogP contribution in [0.2, 0.25) is 0 Å². The third-order valence-electron chi connectivity index (χ3n) is 1.36. The second-order valence-corrected chi connectivity index (χ2v) is 3.39. The first-order valence-electron chi connectivity index (χ1n) is 3.80. The number of hydrogen-bond donors (Lipinski definition) is 0. The Morgan fingerprint density at radius 2 is 1.91 bits per heavy atom. The van der Waals surface area contributed by atoms with E-state index < -0.39 is 0 Å². The minimum atomic E-state index is 0.879. The Kier molecular flexibility index (Phi) is 3.36. The van der Waals surface area contributed by atoms with E-state index in [0.717, 1.165) is 17.3 Å². The van der Waals surface area contributed by atoms with Crippen LogP contribution in [0.4, 0.5) is 0 Å². The van der Waals surface area contributed by atoms with Crippen molar-refractivity contribution in [3.63, 3.8) is 0 Å². The predicted molar refractivity (Wildman–Crippen MR) is 47.8 cm³/mol. The molecule has 1 heterocycles. The molecule has 0 unspecified atom stereocenters. The van der Waals surface area contributed by atoms with E-state index >= 15 is 0 Å². The van der Waals surface area contributed by atoms with E-state index in [1.807, 2.05) is 12.4 Å². The van der Waals surface area contributed by atoms with Gasteiger partial charge in [-0.2, -0.15) is 0 Å². The van der Waals surface area contributed by atoms with Gasteiger partial charge in [-0.25, -0.2) is 9.97 Å². The third-order valence-corrected chi connectivity index (χ3v) is 2.12. The molecule has 0 spiro atoms. The molecule has 0 aromatic carbocycles. The second-order valence-electron chi connectivity index (χ2n) is 2.16. The van der Waals surface area contributed by atoms with E-state index in [1.54, 1.807) is 11.8 Å². The number of hydrogen-bond acceptors (Lipinski definition) is 3. The Hall–Kier alpha value is -0.570. The molecule has 2 nitrogen and oxygen atoms in total. The minimum Gasteiger partial charge on any atom is -0.231 e. The fourth-order valence-corrected chi connectivity index (χ4v) is 1.24. The Labute approximate surface area is 71.5 Å². The molecule has 0 aliphatic rings. The molecule has 0 saturated heterocycles. The zero-order chi connectivity index (χ0) is 8.10. The maximum Gasteiger partial charge on any atom is 0.187 e. The average Bonchev–Trinajstić information content (AvgIpc) is 2.07. The van der Waals surface area contributed by atoms with E-state index in [2.05, 4.69) is 23.8 Å². The van der Waals surface area contributed by atoms with Crippen LogP contribution in [0.25, 0.3) is 0 Å². The summed E-state index contributed by atoms with van der Waals surface area (Å²) in [7, 11) is 0. The van der Waals surface area contributed by atoms with Crippen molar-refractivity contribution in [1.82, 2.24) is 9.97 Å². The lowest BCUT2D eigenvalue weighted by Crippen LogP contribution is -1.89. The molecule has 0 saturated carbocycles. The van der Waals surface area contributed by atoms with Crippen LogP contribution < -0.4 is 0 Å². The molecule has 11 heavy (non-hydrogen) atoms. The van der Waals surface area contributed by atoms with Crippen molar-refractivity contribution in [1.29, 1.82) is 0 Å². The maximum atomic E-state index is 4.19. The Balaban J connectivity index is 2.66. The molecule has 0 fully saturated rings. The summed E-state index contributed by atoms with van der Waals surface area (Å²) in [5, 5.41) is 0.879. The standard InChI is InChI=1S/C8H12N2S/c1-3-7-5-9-8(10-6-7)11-4-2/h5-6H,3-4H2,1-2H3. The van der Waals surface area contributed by atoms with Gasteiger partial charge in [-0.05, 0) is 17.7 Å².